The van der Waals surface area contributed by atoms with Gasteiger partial charge in [0, 0.05) is 18.1 Å². The summed E-state index contributed by atoms with van der Waals surface area (Å²) < 4.78 is 1.87. The van der Waals surface area contributed by atoms with Gasteiger partial charge in [0.25, 0.3) is 0 Å². The minimum Gasteiger partial charge on any atom is -0.325 e. The normalized spacial score (nSPS) is 17.5. The molecule has 0 unspecified atom stereocenters. The molecule has 1 saturated heterocycles. The van der Waals surface area contributed by atoms with Gasteiger partial charge in [-0.15, -0.1) is 12.4 Å². The predicted molar refractivity (Wildman–Crippen MR) is 89.3 cm³/mol. The first-order valence-electron chi connectivity index (χ1n) is 7.42. The molecule has 22 heavy (non-hydrogen) atoms. The maximum atomic E-state index is 12.1. The molecule has 0 spiro atoms. The lowest BCUT2D eigenvalue weighted by molar-refractivity contribution is -0.118. The summed E-state index contributed by atoms with van der Waals surface area (Å²) >= 11 is 0. The molecule has 118 valence electrons. The zero-order chi connectivity index (χ0) is 14.5. The third-order valence-corrected chi connectivity index (χ3v) is 3.75. The second kappa shape index (κ2) is 7.96. The molecular weight excluding hydrogens is 300 g/mol. The molecule has 1 atom stereocenters. The van der Waals surface area contributed by atoms with Crippen molar-refractivity contribution in [2.45, 2.75) is 31.8 Å². The molecule has 6 heteroatoms. The van der Waals surface area contributed by atoms with Crippen molar-refractivity contribution < 1.29 is 4.79 Å². The van der Waals surface area contributed by atoms with Crippen LogP contribution in [0, 0.1) is 0 Å². The van der Waals surface area contributed by atoms with Gasteiger partial charge in [-0.2, -0.15) is 5.10 Å². The predicted octanol–water partition coefficient (Wildman–Crippen LogP) is 2.43. The molecule has 5 nitrogen and oxygen atoms in total. The Morgan fingerprint density at radius 1 is 1.32 bits per heavy atom. The molecule has 1 aromatic carbocycles. The van der Waals surface area contributed by atoms with Crippen molar-refractivity contribution in [3.05, 3.63) is 48.3 Å². The monoisotopic (exact) mass is 320 g/mol. The summed E-state index contributed by atoms with van der Waals surface area (Å²) in [6.07, 6.45) is 6.90. The highest BCUT2D eigenvalue weighted by atomic mass is 35.5. The van der Waals surface area contributed by atoms with Gasteiger partial charge in [-0.1, -0.05) is 18.6 Å². The molecule has 1 aliphatic rings. The Hall–Kier alpha value is -1.85. The second-order valence-corrected chi connectivity index (χ2v) is 5.39. The average Bonchev–Trinajstić information content (AvgIpc) is 3.03. The Bertz CT molecular complexity index is 577. The van der Waals surface area contributed by atoms with E-state index < -0.39 is 0 Å². The average molecular weight is 321 g/mol. The molecular formula is C16H21ClN4O. The highest BCUT2D eigenvalue weighted by Gasteiger charge is 2.20. The Kier molecular flexibility index (Phi) is 5.98. The van der Waals surface area contributed by atoms with E-state index in [1.165, 1.54) is 0 Å². The molecule has 2 heterocycles. The molecule has 3 rings (SSSR count). The van der Waals surface area contributed by atoms with Crippen LogP contribution in [0.1, 0.15) is 24.8 Å². The van der Waals surface area contributed by atoms with Gasteiger partial charge in [0.1, 0.15) is 0 Å². The SMILES string of the molecule is Cl.O=C(Nc1ccc(Cn2cccn2)cc1)[C@H]1CCCCN1. The molecule has 2 N–H and O–H groups in total. The molecule has 1 aromatic heterocycles. The zero-order valence-corrected chi connectivity index (χ0v) is 13.2. The van der Waals surface area contributed by atoms with Crippen LogP contribution in [-0.2, 0) is 11.3 Å². The van der Waals surface area contributed by atoms with Crippen molar-refractivity contribution in [2.24, 2.45) is 0 Å². The van der Waals surface area contributed by atoms with E-state index in [9.17, 15) is 4.79 Å². The highest BCUT2D eigenvalue weighted by Crippen LogP contribution is 2.13. The standard InChI is InChI=1S/C16H20N4O.ClH/c21-16(15-4-1-2-9-17-15)19-14-7-5-13(6-8-14)12-20-11-3-10-18-20;/h3,5-8,10-11,15,17H,1-2,4,9,12H2,(H,19,21);1H/t15-;/m1./s1. The lowest BCUT2D eigenvalue weighted by Gasteiger charge is -2.22. The van der Waals surface area contributed by atoms with Gasteiger partial charge < -0.3 is 10.6 Å². The van der Waals surface area contributed by atoms with Gasteiger partial charge >= 0.3 is 0 Å². The second-order valence-electron chi connectivity index (χ2n) is 5.39. The zero-order valence-electron chi connectivity index (χ0n) is 12.4. The number of rotatable bonds is 4. The van der Waals surface area contributed by atoms with Gasteiger partial charge in [0.2, 0.25) is 5.91 Å². The molecule has 1 aliphatic heterocycles. The number of nitrogens with one attached hydrogen (secondary N) is 2. The maximum absolute atomic E-state index is 12.1. The third-order valence-electron chi connectivity index (χ3n) is 3.75. The first-order valence-corrected chi connectivity index (χ1v) is 7.42. The number of carbonyl (C=O) groups is 1. The summed E-state index contributed by atoms with van der Waals surface area (Å²) in [4.78, 5) is 12.1. The molecule has 0 aliphatic carbocycles. The number of halogens is 1. The number of piperidine rings is 1. The van der Waals surface area contributed by atoms with E-state index in [1.54, 1.807) is 6.20 Å². The maximum Gasteiger partial charge on any atom is 0.241 e. The number of carbonyl (C=O) groups excluding carboxylic acids is 1. The van der Waals surface area contributed by atoms with E-state index in [0.29, 0.717) is 0 Å². The third kappa shape index (κ3) is 4.32. The van der Waals surface area contributed by atoms with Gasteiger partial charge in [-0.3, -0.25) is 9.48 Å². The van der Waals surface area contributed by atoms with Crippen molar-refractivity contribution in [1.29, 1.82) is 0 Å². The summed E-state index contributed by atoms with van der Waals surface area (Å²) in [5.41, 5.74) is 2.00. The van der Waals surface area contributed by atoms with E-state index in [-0.39, 0.29) is 24.4 Å². The number of hydrogen-bond acceptors (Lipinski definition) is 3. The lowest BCUT2D eigenvalue weighted by atomic mass is 10.0. The number of nitrogens with zero attached hydrogens (tertiary/aromatic N) is 2. The molecule has 1 fully saturated rings. The molecule has 0 bridgehead atoms. The van der Waals surface area contributed by atoms with E-state index in [2.05, 4.69) is 15.7 Å². The Labute approximate surface area is 136 Å². The number of hydrogen-bond donors (Lipinski definition) is 2. The molecule has 1 amide bonds. The smallest absolute Gasteiger partial charge is 0.241 e. The fourth-order valence-corrected chi connectivity index (χ4v) is 2.58. The van der Waals surface area contributed by atoms with E-state index in [4.69, 9.17) is 0 Å². The summed E-state index contributed by atoms with van der Waals surface area (Å²) in [6.45, 7) is 1.67. The number of benzene rings is 1. The summed E-state index contributed by atoms with van der Waals surface area (Å²) in [7, 11) is 0. The van der Waals surface area contributed by atoms with Crippen LogP contribution in [-0.4, -0.2) is 28.3 Å². The topological polar surface area (TPSA) is 59.0 Å². The highest BCUT2D eigenvalue weighted by molar-refractivity contribution is 5.94. The van der Waals surface area contributed by atoms with Gasteiger partial charge in [0.05, 0.1) is 12.6 Å². The van der Waals surface area contributed by atoms with Crippen LogP contribution in [0.5, 0.6) is 0 Å². The van der Waals surface area contributed by atoms with Crippen molar-refractivity contribution in [3.63, 3.8) is 0 Å². The van der Waals surface area contributed by atoms with Crippen LogP contribution in [0.15, 0.2) is 42.7 Å². The van der Waals surface area contributed by atoms with Crippen LogP contribution < -0.4 is 10.6 Å². The van der Waals surface area contributed by atoms with Crippen LogP contribution >= 0.6 is 12.4 Å². The van der Waals surface area contributed by atoms with Crippen LogP contribution in [0.4, 0.5) is 5.69 Å². The molecule has 0 saturated carbocycles. The van der Waals surface area contributed by atoms with Crippen LogP contribution in [0.2, 0.25) is 0 Å². The van der Waals surface area contributed by atoms with Crippen molar-refractivity contribution in [1.82, 2.24) is 15.1 Å². The summed E-state index contributed by atoms with van der Waals surface area (Å²) in [6, 6.07) is 9.78. The van der Waals surface area contributed by atoms with Gasteiger partial charge in [-0.25, -0.2) is 0 Å². The fraction of sp³-hybridized carbons (Fsp3) is 0.375. The molecule has 0 radical (unpaired) electrons. The number of amides is 1. The number of anilines is 1. The first-order chi connectivity index (χ1) is 10.3. The largest absolute Gasteiger partial charge is 0.325 e. The Morgan fingerprint density at radius 2 is 2.14 bits per heavy atom. The van der Waals surface area contributed by atoms with Crippen molar-refractivity contribution in [2.75, 3.05) is 11.9 Å². The van der Waals surface area contributed by atoms with E-state index in [0.717, 1.165) is 43.6 Å². The quantitative estimate of drug-likeness (QED) is 0.909. The minimum atomic E-state index is -0.0532. The minimum absolute atomic E-state index is 0. The summed E-state index contributed by atoms with van der Waals surface area (Å²) in [5, 5.41) is 10.4. The molecule has 2 aromatic rings. The Balaban J connectivity index is 0.00000176. The van der Waals surface area contributed by atoms with Crippen molar-refractivity contribution in [3.8, 4) is 0 Å². The van der Waals surface area contributed by atoms with Crippen LogP contribution in [0.3, 0.4) is 0 Å². The fourth-order valence-electron chi connectivity index (χ4n) is 2.58. The van der Waals surface area contributed by atoms with E-state index in [1.807, 2.05) is 41.2 Å². The van der Waals surface area contributed by atoms with Gasteiger partial charge in [-0.05, 0) is 43.1 Å². The van der Waals surface area contributed by atoms with Gasteiger partial charge in [0.15, 0.2) is 0 Å². The number of aromatic nitrogens is 2. The van der Waals surface area contributed by atoms with E-state index >= 15 is 0 Å². The first kappa shape index (κ1) is 16.5. The van der Waals surface area contributed by atoms with Crippen LogP contribution in [0.25, 0.3) is 0 Å². The lowest BCUT2D eigenvalue weighted by Crippen LogP contribution is -2.43. The Morgan fingerprint density at radius 3 is 2.77 bits per heavy atom. The summed E-state index contributed by atoms with van der Waals surface area (Å²) in [5.74, 6) is 0.0644. The van der Waals surface area contributed by atoms with Crippen molar-refractivity contribution >= 4 is 24.0 Å².